The van der Waals surface area contributed by atoms with E-state index in [1.165, 1.54) is 6.42 Å². The van der Waals surface area contributed by atoms with Gasteiger partial charge in [0, 0.05) is 30.8 Å². The van der Waals surface area contributed by atoms with Gasteiger partial charge in [-0.25, -0.2) is 4.98 Å². The lowest BCUT2D eigenvalue weighted by atomic mass is 10.0. The van der Waals surface area contributed by atoms with Crippen molar-refractivity contribution < 1.29 is 4.79 Å². The summed E-state index contributed by atoms with van der Waals surface area (Å²) in [6.45, 7) is 0.715. The van der Waals surface area contributed by atoms with Gasteiger partial charge in [0.05, 0.1) is 6.33 Å². The van der Waals surface area contributed by atoms with E-state index in [1.54, 1.807) is 12.5 Å². The Morgan fingerprint density at radius 2 is 2.25 bits per heavy atom. The maximum absolute atomic E-state index is 11.8. The molecular weight excluding hydrogens is 202 g/mol. The smallest absolute Gasteiger partial charge is 0.223 e. The zero-order valence-corrected chi connectivity index (χ0v) is 9.28. The lowest BCUT2D eigenvalue weighted by Gasteiger charge is -2.11. The molecule has 86 valence electrons. The molecule has 2 fully saturated rings. The van der Waals surface area contributed by atoms with E-state index in [0.717, 1.165) is 36.8 Å². The average Bonchev–Trinajstić information content (AvgIpc) is 2.72. The molecule has 1 aromatic heterocycles. The molecule has 2 unspecified atom stereocenters. The molecule has 2 aliphatic rings. The minimum atomic E-state index is 0.256. The summed E-state index contributed by atoms with van der Waals surface area (Å²) in [6.07, 6.45) is 7.93. The van der Waals surface area contributed by atoms with E-state index >= 15 is 0 Å². The molecule has 0 aliphatic heterocycles. The quantitative estimate of drug-likeness (QED) is 0.797. The summed E-state index contributed by atoms with van der Waals surface area (Å²) in [5.41, 5.74) is 1.08. The SMILES string of the molecule is O=C(NCCc1cnc[nH]1)C1CC2CC2C1. The fourth-order valence-electron chi connectivity index (χ4n) is 2.81. The maximum atomic E-state index is 11.8. The van der Waals surface area contributed by atoms with Gasteiger partial charge < -0.3 is 10.3 Å². The molecule has 0 saturated heterocycles. The third kappa shape index (κ3) is 1.96. The summed E-state index contributed by atoms with van der Waals surface area (Å²) in [6, 6.07) is 0. The van der Waals surface area contributed by atoms with E-state index in [4.69, 9.17) is 0 Å². The molecule has 4 heteroatoms. The van der Waals surface area contributed by atoms with Gasteiger partial charge in [0.1, 0.15) is 0 Å². The molecule has 16 heavy (non-hydrogen) atoms. The zero-order chi connectivity index (χ0) is 11.0. The lowest BCUT2D eigenvalue weighted by molar-refractivity contribution is -0.125. The number of nitrogens with one attached hydrogen (secondary N) is 2. The number of imidazole rings is 1. The van der Waals surface area contributed by atoms with Crippen LogP contribution in [0.15, 0.2) is 12.5 Å². The number of rotatable bonds is 4. The highest BCUT2D eigenvalue weighted by Gasteiger charge is 2.47. The second-order valence-corrected chi connectivity index (χ2v) is 5.04. The van der Waals surface area contributed by atoms with Crippen molar-refractivity contribution in [1.29, 1.82) is 0 Å². The molecule has 0 aromatic carbocycles. The Labute approximate surface area is 94.8 Å². The summed E-state index contributed by atoms with van der Waals surface area (Å²) >= 11 is 0. The molecule has 1 aromatic rings. The van der Waals surface area contributed by atoms with Crippen LogP contribution in [0.3, 0.4) is 0 Å². The Kier molecular flexibility index (Phi) is 2.42. The fourth-order valence-corrected chi connectivity index (χ4v) is 2.81. The molecule has 4 nitrogen and oxygen atoms in total. The number of fused-ring (bicyclic) bond motifs is 1. The first-order valence-electron chi connectivity index (χ1n) is 6.08. The Morgan fingerprint density at radius 1 is 1.44 bits per heavy atom. The van der Waals surface area contributed by atoms with Crippen LogP contribution in [0.25, 0.3) is 0 Å². The van der Waals surface area contributed by atoms with Gasteiger partial charge in [-0.2, -0.15) is 0 Å². The molecule has 2 atom stereocenters. The fraction of sp³-hybridized carbons (Fsp3) is 0.667. The molecule has 2 N–H and O–H groups in total. The van der Waals surface area contributed by atoms with Crippen LogP contribution in [0.5, 0.6) is 0 Å². The van der Waals surface area contributed by atoms with E-state index in [1.807, 2.05) is 0 Å². The predicted molar refractivity (Wildman–Crippen MR) is 59.6 cm³/mol. The lowest BCUT2D eigenvalue weighted by Crippen LogP contribution is -2.31. The molecule has 1 amide bonds. The molecule has 0 radical (unpaired) electrons. The van der Waals surface area contributed by atoms with Crippen molar-refractivity contribution in [3.8, 4) is 0 Å². The number of carbonyl (C=O) groups excluding carboxylic acids is 1. The van der Waals surface area contributed by atoms with Crippen LogP contribution in [-0.2, 0) is 11.2 Å². The topological polar surface area (TPSA) is 57.8 Å². The van der Waals surface area contributed by atoms with E-state index < -0.39 is 0 Å². The van der Waals surface area contributed by atoms with Crippen LogP contribution < -0.4 is 5.32 Å². The first-order valence-corrected chi connectivity index (χ1v) is 6.08. The number of hydrogen-bond acceptors (Lipinski definition) is 2. The predicted octanol–water partition coefficient (Wildman–Crippen LogP) is 1.11. The van der Waals surface area contributed by atoms with E-state index in [9.17, 15) is 4.79 Å². The van der Waals surface area contributed by atoms with Crippen LogP contribution in [0.2, 0.25) is 0 Å². The standard InChI is InChI=1S/C12H17N3O/c16-12(10-4-8-3-9(8)5-10)14-2-1-11-6-13-7-15-11/h6-10H,1-5H2,(H,13,15)(H,14,16). The van der Waals surface area contributed by atoms with E-state index in [-0.39, 0.29) is 5.91 Å². The maximum Gasteiger partial charge on any atom is 0.223 e. The van der Waals surface area contributed by atoms with Crippen molar-refractivity contribution in [2.45, 2.75) is 25.7 Å². The molecule has 0 bridgehead atoms. The zero-order valence-electron chi connectivity index (χ0n) is 9.28. The Hall–Kier alpha value is -1.32. The van der Waals surface area contributed by atoms with Crippen LogP contribution in [0.4, 0.5) is 0 Å². The Balaban J connectivity index is 1.40. The van der Waals surface area contributed by atoms with Crippen LogP contribution in [0.1, 0.15) is 25.0 Å². The van der Waals surface area contributed by atoms with Gasteiger partial charge in [-0.15, -0.1) is 0 Å². The Bertz CT molecular complexity index is 364. The number of carbonyl (C=O) groups is 1. The van der Waals surface area contributed by atoms with Crippen molar-refractivity contribution in [2.75, 3.05) is 6.54 Å². The molecule has 2 aliphatic carbocycles. The molecule has 2 saturated carbocycles. The highest BCUT2D eigenvalue weighted by atomic mass is 16.1. The first kappa shape index (κ1) is 9.87. The highest BCUT2D eigenvalue weighted by Crippen LogP contribution is 2.54. The summed E-state index contributed by atoms with van der Waals surface area (Å²) in [4.78, 5) is 18.8. The van der Waals surface area contributed by atoms with E-state index in [0.29, 0.717) is 12.5 Å². The Morgan fingerprint density at radius 3 is 2.94 bits per heavy atom. The third-order valence-electron chi connectivity index (χ3n) is 3.86. The number of H-pyrrole nitrogens is 1. The van der Waals surface area contributed by atoms with Crippen LogP contribution in [0, 0.1) is 17.8 Å². The number of aromatic amines is 1. The summed E-state index contributed by atoms with van der Waals surface area (Å²) in [7, 11) is 0. The third-order valence-corrected chi connectivity index (χ3v) is 3.86. The summed E-state index contributed by atoms with van der Waals surface area (Å²) < 4.78 is 0. The van der Waals surface area contributed by atoms with Gasteiger partial charge in [0.25, 0.3) is 0 Å². The number of nitrogens with zero attached hydrogens (tertiary/aromatic N) is 1. The highest BCUT2D eigenvalue weighted by molar-refractivity contribution is 5.79. The van der Waals surface area contributed by atoms with Crippen LogP contribution >= 0.6 is 0 Å². The van der Waals surface area contributed by atoms with Gasteiger partial charge in [-0.3, -0.25) is 4.79 Å². The second kappa shape index (κ2) is 3.92. The largest absolute Gasteiger partial charge is 0.355 e. The molecule has 1 heterocycles. The van der Waals surface area contributed by atoms with Crippen molar-refractivity contribution in [3.05, 3.63) is 18.2 Å². The molecule has 3 rings (SSSR count). The van der Waals surface area contributed by atoms with Gasteiger partial charge >= 0.3 is 0 Å². The van der Waals surface area contributed by atoms with Gasteiger partial charge in [-0.05, 0) is 31.1 Å². The summed E-state index contributed by atoms with van der Waals surface area (Å²) in [5.74, 6) is 2.31. The van der Waals surface area contributed by atoms with E-state index in [2.05, 4.69) is 15.3 Å². The van der Waals surface area contributed by atoms with Crippen molar-refractivity contribution >= 4 is 5.91 Å². The average molecular weight is 219 g/mol. The van der Waals surface area contributed by atoms with Gasteiger partial charge in [0.15, 0.2) is 0 Å². The number of amides is 1. The van der Waals surface area contributed by atoms with Gasteiger partial charge in [0.2, 0.25) is 5.91 Å². The normalized spacial score (nSPS) is 31.1. The minimum absolute atomic E-state index is 0.256. The van der Waals surface area contributed by atoms with Crippen molar-refractivity contribution in [3.63, 3.8) is 0 Å². The van der Waals surface area contributed by atoms with Crippen LogP contribution in [-0.4, -0.2) is 22.4 Å². The van der Waals surface area contributed by atoms with Crippen molar-refractivity contribution in [1.82, 2.24) is 15.3 Å². The van der Waals surface area contributed by atoms with Crippen molar-refractivity contribution in [2.24, 2.45) is 17.8 Å². The number of aromatic nitrogens is 2. The minimum Gasteiger partial charge on any atom is -0.355 e. The van der Waals surface area contributed by atoms with Gasteiger partial charge in [-0.1, -0.05) is 0 Å². The molecular formula is C12H17N3O. The monoisotopic (exact) mass is 219 g/mol. The first-order chi connectivity index (χ1) is 7.83. The summed E-state index contributed by atoms with van der Waals surface area (Å²) in [5, 5.41) is 3.02. The second-order valence-electron chi connectivity index (χ2n) is 5.04. The molecule has 0 spiro atoms. The number of hydrogen-bond donors (Lipinski definition) is 2.